The number of rotatable bonds is 5. The lowest BCUT2D eigenvalue weighted by Crippen LogP contribution is -2.41. The van der Waals surface area contributed by atoms with Crippen molar-refractivity contribution in [3.63, 3.8) is 0 Å². The summed E-state index contributed by atoms with van der Waals surface area (Å²) in [5, 5.41) is 1.19. The van der Waals surface area contributed by atoms with Crippen molar-refractivity contribution in [2.24, 2.45) is 0 Å². The van der Waals surface area contributed by atoms with E-state index in [1.807, 2.05) is 31.2 Å². The van der Waals surface area contributed by atoms with Crippen LogP contribution in [0.5, 0.6) is 5.75 Å². The Kier molecular flexibility index (Phi) is 5.13. The number of hydrogen-bond acceptors (Lipinski definition) is 4. The Bertz CT molecular complexity index is 950. The minimum Gasteiger partial charge on any atom is -0.497 e. The zero-order valence-corrected chi connectivity index (χ0v) is 15.6. The summed E-state index contributed by atoms with van der Waals surface area (Å²) in [6, 6.07) is 13.9. The van der Waals surface area contributed by atoms with Crippen molar-refractivity contribution in [3.05, 3.63) is 71.1 Å². The van der Waals surface area contributed by atoms with E-state index in [4.69, 9.17) is 4.74 Å². The topological polar surface area (TPSA) is 63.7 Å². The van der Waals surface area contributed by atoms with Crippen LogP contribution < -0.4 is 9.64 Å². The lowest BCUT2D eigenvalue weighted by atomic mass is 10.1. The first-order valence-corrected chi connectivity index (χ1v) is 10.1. The highest BCUT2D eigenvalue weighted by atomic mass is 32.2. The van der Waals surface area contributed by atoms with E-state index >= 15 is 0 Å². The summed E-state index contributed by atoms with van der Waals surface area (Å²) in [6.07, 6.45) is 2.32. The molecule has 5 nitrogen and oxygen atoms in total. The molecule has 1 heterocycles. The lowest BCUT2D eigenvalue weighted by molar-refractivity contribution is 0.0982. The first kappa shape index (κ1) is 18.2. The molecule has 1 aliphatic heterocycles. The zero-order valence-electron chi connectivity index (χ0n) is 14.8. The molecule has 1 unspecified atom stereocenters. The van der Waals surface area contributed by atoms with Gasteiger partial charge in [0.1, 0.15) is 5.75 Å². The van der Waals surface area contributed by atoms with E-state index in [2.05, 4.69) is 0 Å². The zero-order chi connectivity index (χ0) is 18.7. The highest BCUT2D eigenvalue weighted by Gasteiger charge is 2.33. The van der Waals surface area contributed by atoms with E-state index in [9.17, 15) is 13.2 Å². The minimum absolute atomic E-state index is 0.110. The van der Waals surface area contributed by atoms with Gasteiger partial charge in [0.2, 0.25) is 0 Å². The summed E-state index contributed by atoms with van der Waals surface area (Å²) in [5.74, 6) is 0.214. The molecule has 2 aromatic carbocycles. The predicted octanol–water partition coefficient (Wildman–Crippen LogP) is 3.22. The number of carbonyl (C=O) groups is 1. The van der Waals surface area contributed by atoms with E-state index in [0.717, 1.165) is 17.7 Å². The molecule has 3 rings (SSSR count). The third-order valence-electron chi connectivity index (χ3n) is 4.41. The second-order valence-electron chi connectivity index (χ2n) is 6.11. The fourth-order valence-electron chi connectivity index (χ4n) is 3.10. The van der Waals surface area contributed by atoms with E-state index in [-0.39, 0.29) is 11.7 Å². The molecule has 0 bridgehead atoms. The molecule has 2 aromatic rings. The Labute approximate surface area is 153 Å². The highest BCUT2D eigenvalue weighted by molar-refractivity contribution is 7.94. The summed E-state index contributed by atoms with van der Waals surface area (Å²) in [4.78, 5) is 14.9. The summed E-state index contributed by atoms with van der Waals surface area (Å²) in [7, 11) is -1.75. The van der Waals surface area contributed by atoms with Crippen LogP contribution in [0.15, 0.2) is 60.0 Å². The maximum Gasteiger partial charge on any atom is 0.259 e. The third kappa shape index (κ3) is 3.65. The van der Waals surface area contributed by atoms with Crippen LogP contribution in [-0.2, 0) is 16.3 Å². The Hall–Kier alpha value is -2.60. The molecule has 0 saturated carbocycles. The number of benzene rings is 2. The van der Waals surface area contributed by atoms with Gasteiger partial charge in [-0.05, 0) is 42.3 Å². The number of ether oxygens (including phenoxy) is 1. The van der Waals surface area contributed by atoms with Gasteiger partial charge < -0.3 is 9.64 Å². The smallest absolute Gasteiger partial charge is 0.259 e. The van der Waals surface area contributed by atoms with Crippen LogP contribution in [0.4, 0.5) is 5.69 Å². The molecule has 0 spiro atoms. The van der Waals surface area contributed by atoms with Crippen LogP contribution >= 0.6 is 0 Å². The van der Waals surface area contributed by atoms with Gasteiger partial charge in [0.05, 0.1) is 18.9 Å². The molecule has 0 radical (unpaired) electrons. The molecule has 26 heavy (non-hydrogen) atoms. The molecule has 0 saturated heterocycles. The van der Waals surface area contributed by atoms with E-state index < -0.39 is 15.9 Å². The highest BCUT2D eigenvalue weighted by Crippen LogP contribution is 2.29. The number of hydrogen-bond donors (Lipinski definition) is 0. The number of anilines is 1. The quantitative estimate of drug-likeness (QED) is 0.810. The number of aryl methyl sites for hydroxylation is 1. The number of carbonyl (C=O) groups excluding carboxylic acids is 1. The van der Waals surface area contributed by atoms with E-state index in [0.29, 0.717) is 11.3 Å². The standard InChI is InChI=1S/C20H21NO4S/c1-3-15-7-4-5-10-19(15)21(17-11-12-26(23,24)14-17)20(22)16-8-6-9-18(13-16)25-2/h4-13,17H,3,14H2,1-2H3. The van der Waals surface area contributed by atoms with Crippen LogP contribution in [0, 0.1) is 0 Å². The first-order chi connectivity index (χ1) is 12.4. The lowest BCUT2D eigenvalue weighted by Gasteiger charge is -2.29. The molecule has 1 atom stereocenters. The van der Waals surface area contributed by atoms with Crippen molar-refractivity contribution < 1.29 is 17.9 Å². The normalized spacial score (nSPS) is 17.8. The Morgan fingerprint density at radius 3 is 2.62 bits per heavy atom. The number of amides is 1. The van der Waals surface area contributed by atoms with Gasteiger partial charge in [-0.25, -0.2) is 8.42 Å². The summed E-state index contributed by atoms with van der Waals surface area (Å²) >= 11 is 0. The van der Waals surface area contributed by atoms with Crippen molar-refractivity contribution in [3.8, 4) is 5.75 Å². The average Bonchev–Trinajstić information content (AvgIpc) is 3.01. The molecule has 136 valence electrons. The molecular formula is C20H21NO4S. The molecule has 0 N–H and O–H groups in total. The number of para-hydroxylation sites is 1. The minimum atomic E-state index is -3.30. The van der Waals surface area contributed by atoms with Crippen LogP contribution in [0.2, 0.25) is 0 Å². The maximum absolute atomic E-state index is 13.3. The van der Waals surface area contributed by atoms with Gasteiger partial charge in [0.25, 0.3) is 5.91 Å². The second-order valence-corrected chi connectivity index (χ2v) is 8.05. The summed E-state index contributed by atoms with van der Waals surface area (Å²) < 4.78 is 29.1. The fraction of sp³-hybridized carbons (Fsp3) is 0.250. The van der Waals surface area contributed by atoms with Crippen molar-refractivity contribution in [2.75, 3.05) is 17.8 Å². The summed E-state index contributed by atoms with van der Waals surface area (Å²) in [5.41, 5.74) is 2.17. The van der Waals surface area contributed by atoms with Gasteiger partial charge in [0.15, 0.2) is 9.84 Å². The largest absolute Gasteiger partial charge is 0.497 e. The van der Waals surface area contributed by atoms with Crippen molar-refractivity contribution in [1.29, 1.82) is 0 Å². The monoisotopic (exact) mass is 371 g/mol. The Morgan fingerprint density at radius 1 is 1.19 bits per heavy atom. The van der Waals surface area contributed by atoms with Crippen LogP contribution in [-0.4, -0.2) is 33.2 Å². The first-order valence-electron chi connectivity index (χ1n) is 8.41. The number of methoxy groups -OCH3 is 1. The SMILES string of the molecule is CCc1ccccc1N(C(=O)c1cccc(OC)c1)C1C=CS(=O)(=O)C1. The van der Waals surface area contributed by atoms with E-state index in [1.165, 1.54) is 5.41 Å². The van der Waals surface area contributed by atoms with Crippen LogP contribution in [0.1, 0.15) is 22.8 Å². The van der Waals surface area contributed by atoms with Gasteiger partial charge in [0, 0.05) is 16.7 Å². The van der Waals surface area contributed by atoms with Gasteiger partial charge >= 0.3 is 0 Å². The summed E-state index contributed by atoms with van der Waals surface area (Å²) in [6.45, 7) is 2.01. The van der Waals surface area contributed by atoms with E-state index in [1.54, 1.807) is 42.4 Å². The average molecular weight is 371 g/mol. The number of sulfone groups is 1. The molecule has 6 heteroatoms. The van der Waals surface area contributed by atoms with Crippen LogP contribution in [0.25, 0.3) is 0 Å². The van der Waals surface area contributed by atoms with Crippen molar-refractivity contribution in [2.45, 2.75) is 19.4 Å². The molecule has 0 fully saturated rings. The van der Waals surface area contributed by atoms with Gasteiger partial charge in [-0.15, -0.1) is 0 Å². The second kappa shape index (κ2) is 7.33. The predicted molar refractivity (Wildman–Crippen MR) is 102 cm³/mol. The molecule has 0 aliphatic carbocycles. The molecular weight excluding hydrogens is 350 g/mol. The molecule has 0 aromatic heterocycles. The van der Waals surface area contributed by atoms with Crippen molar-refractivity contribution in [1.82, 2.24) is 0 Å². The Balaban J connectivity index is 2.08. The third-order valence-corrected chi connectivity index (χ3v) is 5.79. The fourth-order valence-corrected chi connectivity index (χ4v) is 4.37. The Morgan fingerprint density at radius 2 is 1.96 bits per heavy atom. The van der Waals surface area contributed by atoms with Gasteiger partial charge in [-0.3, -0.25) is 4.79 Å². The molecule has 1 aliphatic rings. The number of nitrogens with zero attached hydrogens (tertiary/aromatic N) is 1. The maximum atomic E-state index is 13.3. The molecule has 1 amide bonds. The van der Waals surface area contributed by atoms with Crippen molar-refractivity contribution >= 4 is 21.4 Å². The van der Waals surface area contributed by atoms with Gasteiger partial charge in [-0.1, -0.05) is 31.2 Å². The van der Waals surface area contributed by atoms with Gasteiger partial charge in [-0.2, -0.15) is 0 Å². The van der Waals surface area contributed by atoms with Crippen LogP contribution in [0.3, 0.4) is 0 Å².